The van der Waals surface area contributed by atoms with E-state index < -0.39 is 5.82 Å². The number of para-hydroxylation sites is 1. The van der Waals surface area contributed by atoms with E-state index in [1.165, 1.54) is 18.3 Å². The van der Waals surface area contributed by atoms with Gasteiger partial charge in [0.25, 0.3) is 5.91 Å². The normalized spacial score (nSPS) is 15.9. The van der Waals surface area contributed by atoms with Crippen LogP contribution in [0.2, 0.25) is 0 Å². The third kappa shape index (κ3) is 4.75. The van der Waals surface area contributed by atoms with Crippen LogP contribution in [0.1, 0.15) is 22.3 Å². The Morgan fingerprint density at radius 3 is 2.80 bits per heavy atom. The second-order valence-corrected chi connectivity index (χ2v) is 7.31. The highest BCUT2D eigenvalue weighted by molar-refractivity contribution is 6.04. The maximum atomic E-state index is 13.3. The maximum absolute atomic E-state index is 13.3. The van der Waals surface area contributed by atoms with E-state index in [2.05, 4.69) is 20.5 Å². The lowest BCUT2D eigenvalue weighted by Gasteiger charge is -2.18. The van der Waals surface area contributed by atoms with Gasteiger partial charge in [0.2, 0.25) is 0 Å². The van der Waals surface area contributed by atoms with E-state index in [-0.39, 0.29) is 5.91 Å². The first-order chi connectivity index (χ1) is 14.6. The van der Waals surface area contributed by atoms with Crippen molar-refractivity contribution in [1.82, 2.24) is 10.3 Å². The molecule has 1 atom stereocenters. The van der Waals surface area contributed by atoms with Crippen molar-refractivity contribution in [3.8, 4) is 5.75 Å². The number of carbonyl (C=O) groups excluding carboxylic acids is 1. The summed E-state index contributed by atoms with van der Waals surface area (Å²) in [5, 5.41) is 16.0. The first-order valence-electron chi connectivity index (χ1n) is 9.86. The van der Waals surface area contributed by atoms with Gasteiger partial charge in [-0.25, -0.2) is 9.37 Å². The minimum atomic E-state index is -0.402. The van der Waals surface area contributed by atoms with E-state index in [9.17, 15) is 14.3 Å². The number of phenolic OH excluding ortho intramolecular Hbond substituents is 1. The Hall–Kier alpha value is -3.45. The maximum Gasteiger partial charge on any atom is 0.257 e. The van der Waals surface area contributed by atoms with Crippen LogP contribution in [0.4, 0.5) is 15.9 Å². The number of amides is 1. The lowest BCUT2D eigenvalue weighted by atomic mass is 10.2. The van der Waals surface area contributed by atoms with E-state index in [1.54, 1.807) is 24.3 Å². The zero-order chi connectivity index (χ0) is 20.9. The van der Waals surface area contributed by atoms with Gasteiger partial charge in [0.05, 0.1) is 5.56 Å². The third-order valence-corrected chi connectivity index (χ3v) is 5.18. The van der Waals surface area contributed by atoms with Crippen molar-refractivity contribution in [2.45, 2.75) is 19.0 Å². The number of aromatic nitrogens is 1. The van der Waals surface area contributed by atoms with Crippen LogP contribution in [0.3, 0.4) is 0 Å². The SMILES string of the molecule is O=C(Nc1cccc(F)c1)c1ccc(N2CC[C@H](NCc3ccccc3O)C2)nc1. The van der Waals surface area contributed by atoms with E-state index in [0.29, 0.717) is 29.6 Å². The standard InChI is InChI=1S/C23H23FN4O2/c24-18-5-3-6-19(12-18)27-23(30)17-8-9-22(26-14-17)28-11-10-20(15-28)25-13-16-4-1-2-7-21(16)29/h1-9,12,14,20,25,29H,10-11,13,15H2,(H,27,30)/t20-/m0/s1. The minimum absolute atomic E-state index is 0.294. The van der Waals surface area contributed by atoms with E-state index in [1.807, 2.05) is 24.3 Å². The van der Waals surface area contributed by atoms with Gasteiger partial charge in [-0.05, 0) is 42.8 Å². The highest BCUT2D eigenvalue weighted by Crippen LogP contribution is 2.20. The Bertz CT molecular complexity index is 1030. The number of halogens is 1. The molecule has 0 bridgehead atoms. The number of benzene rings is 2. The molecule has 7 heteroatoms. The fourth-order valence-corrected chi connectivity index (χ4v) is 3.53. The largest absolute Gasteiger partial charge is 0.508 e. The number of hydrogen-bond acceptors (Lipinski definition) is 5. The average molecular weight is 406 g/mol. The molecule has 2 heterocycles. The number of anilines is 2. The fourth-order valence-electron chi connectivity index (χ4n) is 3.53. The Kier molecular flexibility index (Phi) is 5.90. The molecule has 0 aliphatic carbocycles. The summed E-state index contributed by atoms with van der Waals surface area (Å²) in [5.74, 6) is 0.377. The van der Waals surface area contributed by atoms with Gasteiger partial charge >= 0.3 is 0 Å². The Morgan fingerprint density at radius 1 is 1.17 bits per heavy atom. The lowest BCUT2D eigenvalue weighted by Crippen LogP contribution is -2.32. The lowest BCUT2D eigenvalue weighted by molar-refractivity contribution is 0.102. The molecule has 6 nitrogen and oxygen atoms in total. The molecule has 1 aromatic heterocycles. The van der Waals surface area contributed by atoms with Crippen molar-refractivity contribution < 1.29 is 14.3 Å². The van der Waals surface area contributed by atoms with E-state index in [4.69, 9.17) is 0 Å². The molecule has 4 rings (SSSR count). The molecule has 0 unspecified atom stereocenters. The van der Waals surface area contributed by atoms with E-state index in [0.717, 1.165) is 30.9 Å². The topological polar surface area (TPSA) is 77.5 Å². The minimum Gasteiger partial charge on any atom is -0.508 e. The van der Waals surface area contributed by atoms with Gasteiger partial charge in [-0.2, -0.15) is 0 Å². The zero-order valence-electron chi connectivity index (χ0n) is 16.4. The molecule has 3 aromatic rings. The second-order valence-electron chi connectivity index (χ2n) is 7.31. The summed E-state index contributed by atoms with van der Waals surface area (Å²) in [7, 11) is 0. The Labute approximate surface area is 174 Å². The molecule has 1 fully saturated rings. The predicted octanol–water partition coefficient (Wildman–Crippen LogP) is 3.55. The van der Waals surface area contributed by atoms with Crippen LogP contribution in [0.5, 0.6) is 5.75 Å². The van der Waals surface area contributed by atoms with Gasteiger partial charge in [0.1, 0.15) is 17.4 Å². The molecule has 1 aliphatic heterocycles. The highest BCUT2D eigenvalue weighted by atomic mass is 19.1. The van der Waals surface area contributed by atoms with Crippen molar-refractivity contribution in [3.05, 3.63) is 83.8 Å². The second kappa shape index (κ2) is 8.92. The van der Waals surface area contributed by atoms with Crippen molar-refractivity contribution >= 4 is 17.4 Å². The molecule has 1 aliphatic rings. The fraction of sp³-hybridized carbons (Fsp3) is 0.217. The van der Waals surface area contributed by atoms with Crippen LogP contribution in [0.15, 0.2) is 66.9 Å². The van der Waals surface area contributed by atoms with Gasteiger partial charge in [-0.1, -0.05) is 24.3 Å². The third-order valence-electron chi connectivity index (χ3n) is 5.18. The number of hydrogen-bond donors (Lipinski definition) is 3. The molecule has 0 spiro atoms. The Morgan fingerprint density at radius 2 is 2.03 bits per heavy atom. The van der Waals surface area contributed by atoms with Crippen LogP contribution in [0, 0.1) is 5.82 Å². The molecule has 2 aromatic carbocycles. The van der Waals surface area contributed by atoms with Crippen LogP contribution >= 0.6 is 0 Å². The number of pyridine rings is 1. The summed E-state index contributed by atoms with van der Waals surface area (Å²) in [4.78, 5) is 18.9. The van der Waals surface area contributed by atoms with Gasteiger partial charge in [0.15, 0.2) is 0 Å². The summed E-state index contributed by atoms with van der Waals surface area (Å²) in [6.45, 7) is 2.27. The van der Waals surface area contributed by atoms with Crippen molar-refractivity contribution in [1.29, 1.82) is 0 Å². The van der Waals surface area contributed by atoms with Crippen LogP contribution in [-0.2, 0) is 6.54 Å². The molecule has 0 saturated carbocycles. The summed E-state index contributed by atoms with van der Waals surface area (Å²) in [6, 6.07) is 16.9. The highest BCUT2D eigenvalue weighted by Gasteiger charge is 2.23. The molecule has 30 heavy (non-hydrogen) atoms. The van der Waals surface area contributed by atoms with Crippen molar-refractivity contribution in [3.63, 3.8) is 0 Å². The van der Waals surface area contributed by atoms with Crippen molar-refractivity contribution in [2.75, 3.05) is 23.3 Å². The summed E-state index contributed by atoms with van der Waals surface area (Å²) in [5.41, 5.74) is 1.70. The molecular weight excluding hydrogens is 383 g/mol. The smallest absolute Gasteiger partial charge is 0.257 e. The van der Waals surface area contributed by atoms with Crippen LogP contribution in [-0.4, -0.2) is 35.1 Å². The molecule has 3 N–H and O–H groups in total. The summed E-state index contributed by atoms with van der Waals surface area (Å²) >= 11 is 0. The van der Waals surface area contributed by atoms with Gasteiger partial charge in [-0.15, -0.1) is 0 Å². The zero-order valence-corrected chi connectivity index (χ0v) is 16.4. The van der Waals surface area contributed by atoms with Gasteiger partial charge in [-0.3, -0.25) is 4.79 Å². The predicted molar refractivity (Wildman–Crippen MR) is 114 cm³/mol. The van der Waals surface area contributed by atoms with Crippen LogP contribution < -0.4 is 15.5 Å². The molecular formula is C23H23FN4O2. The first kappa shape index (κ1) is 19.8. The number of phenols is 1. The first-order valence-corrected chi connectivity index (χ1v) is 9.86. The molecule has 1 saturated heterocycles. The Balaban J connectivity index is 1.32. The number of carbonyl (C=O) groups is 1. The van der Waals surface area contributed by atoms with Crippen molar-refractivity contribution in [2.24, 2.45) is 0 Å². The summed E-state index contributed by atoms with van der Waals surface area (Å²) in [6.07, 6.45) is 2.50. The van der Waals surface area contributed by atoms with E-state index >= 15 is 0 Å². The molecule has 0 radical (unpaired) electrons. The number of nitrogens with zero attached hydrogens (tertiary/aromatic N) is 2. The quantitative estimate of drug-likeness (QED) is 0.584. The van der Waals surface area contributed by atoms with Gasteiger partial charge in [0, 0.05) is 43.1 Å². The van der Waals surface area contributed by atoms with Crippen LogP contribution in [0.25, 0.3) is 0 Å². The monoisotopic (exact) mass is 406 g/mol. The van der Waals surface area contributed by atoms with Gasteiger partial charge < -0.3 is 20.6 Å². The number of nitrogens with one attached hydrogen (secondary N) is 2. The number of aromatic hydroxyl groups is 1. The average Bonchev–Trinajstić information content (AvgIpc) is 3.22. The summed E-state index contributed by atoms with van der Waals surface area (Å²) < 4.78 is 13.3. The number of rotatable bonds is 6. The molecule has 1 amide bonds. The molecule has 154 valence electrons.